The summed E-state index contributed by atoms with van der Waals surface area (Å²) in [5, 5.41) is 5.32. The molecule has 23 heavy (non-hydrogen) atoms. The molecule has 1 fully saturated rings. The van der Waals surface area contributed by atoms with E-state index in [0.29, 0.717) is 23.0 Å². The summed E-state index contributed by atoms with van der Waals surface area (Å²) in [6.45, 7) is 0.223. The molecule has 1 aromatic carbocycles. The molecule has 1 amide bonds. The van der Waals surface area contributed by atoms with Crippen molar-refractivity contribution >= 4 is 17.2 Å². The Morgan fingerprint density at radius 2 is 2.00 bits per heavy atom. The Hall–Kier alpha value is -2.01. The summed E-state index contributed by atoms with van der Waals surface area (Å²) >= 11 is 1.72. The SMILES string of the molecule is O=C(N[C@H](c1cccs1)C1CCCC1)c1ccc2c(c1)OCO2. The van der Waals surface area contributed by atoms with Gasteiger partial charge in [0, 0.05) is 10.4 Å². The lowest BCUT2D eigenvalue weighted by atomic mass is 9.96. The Bertz CT molecular complexity index is 692. The van der Waals surface area contributed by atoms with Crippen molar-refractivity contribution in [3.05, 3.63) is 46.2 Å². The van der Waals surface area contributed by atoms with Crippen LogP contribution in [0.25, 0.3) is 0 Å². The van der Waals surface area contributed by atoms with Gasteiger partial charge in [-0.05, 0) is 48.4 Å². The molecule has 1 aromatic heterocycles. The molecule has 1 saturated carbocycles. The fourth-order valence-electron chi connectivity index (χ4n) is 3.44. The lowest BCUT2D eigenvalue weighted by molar-refractivity contribution is 0.0922. The van der Waals surface area contributed by atoms with Crippen molar-refractivity contribution in [1.82, 2.24) is 5.32 Å². The maximum absolute atomic E-state index is 12.7. The van der Waals surface area contributed by atoms with Crippen molar-refractivity contribution in [1.29, 1.82) is 0 Å². The lowest BCUT2D eigenvalue weighted by Gasteiger charge is -2.24. The van der Waals surface area contributed by atoms with Gasteiger partial charge in [0.05, 0.1) is 6.04 Å². The van der Waals surface area contributed by atoms with Crippen LogP contribution in [0.2, 0.25) is 0 Å². The summed E-state index contributed by atoms with van der Waals surface area (Å²) in [5.41, 5.74) is 0.619. The van der Waals surface area contributed by atoms with E-state index in [-0.39, 0.29) is 18.7 Å². The van der Waals surface area contributed by atoms with Crippen LogP contribution >= 0.6 is 11.3 Å². The van der Waals surface area contributed by atoms with Crippen molar-refractivity contribution in [2.45, 2.75) is 31.7 Å². The fraction of sp³-hybridized carbons (Fsp3) is 0.389. The van der Waals surface area contributed by atoms with E-state index in [1.165, 1.54) is 30.6 Å². The topological polar surface area (TPSA) is 47.6 Å². The molecule has 0 radical (unpaired) electrons. The lowest BCUT2D eigenvalue weighted by Crippen LogP contribution is -2.32. The van der Waals surface area contributed by atoms with Gasteiger partial charge in [0.15, 0.2) is 11.5 Å². The standard InChI is InChI=1S/C18H19NO3S/c20-18(13-7-8-14-15(10-13)22-11-21-14)19-17(12-4-1-2-5-12)16-6-3-9-23-16/h3,6-10,12,17H,1-2,4-5,11H2,(H,19,20)/t17-/m0/s1. The molecule has 4 rings (SSSR count). The number of fused-ring (bicyclic) bond motifs is 1. The van der Waals surface area contributed by atoms with Gasteiger partial charge in [-0.2, -0.15) is 0 Å². The molecule has 5 heteroatoms. The second-order valence-electron chi connectivity index (χ2n) is 6.08. The van der Waals surface area contributed by atoms with Crippen LogP contribution in [0.5, 0.6) is 11.5 Å². The molecule has 0 bridgehead atoms. The van der Waals surface area contributed by atoms with E-state index in [4.69, 9.17) is 9.47 Å². The maximum Gasteiger partial charge on any atom is 0.251 e. The largest absolute Gasteiger partial charge is 0.454 e. The highest BCUT2D eigenvalue weighted by atomic mass is 32.1. The predicted molar refractivity (Wildman–Crippen MR) is 89.0 cm³/mol. The van der Waals surface area contributed by atoms with Crippen LogP contribution in [-0.2, 0) is 0 Å². The number of ether oxygens (including phenoxy) is 2. The third-order valence-electron chi connectivity index (χ3n) is 4.64. The fourth-order valence-corrected chi connectivity index (χ4v) is 4.31. The predicted octanol–water partition coefficient (Wildman–Crippen LogP) is 4.14. The molecule has 1 N–H and O–H groups in total. The molecule has 2 aromatic rings. The smallest absolute Gasteiger partial charge is 0.251 e. The molecule has 0 saturated heterocycles. The zero-order valence-electron chi connectivity index (χ0n) is 12.8. The normalized spacial score (nSPS) is 18.1. The van der Waals surface area contributed by atoms with Crippen molar-refractivity contribution < 1.29 is 14.3 Å². The van der Waals surface area contributed by atoms with Gasteiger partial charge in [0.25, 0.3) is 5.91 Å². The van der Waals surface area contributed by atoms with Crippen LogP contribution in [-0.4, -0.2) is 12.7 Å². The van der Waals surface area contributed by atoms with Crippen LogP contribution in [0.3, 0.4) is 0 Å². The van der Waals surface area contributed by atoms with Gasteiger partial charge in [-0.3, -0.25) is 4.79 Å². The van der Waals surface area contributed by atoms with E-state index < -0.39 is 0 Å². The van der Waals surface area contributed by atoms with Crippen LogP contribution in [0.1, 0.15) is 47.0 Å². The van der Waals surface area contributed by atoms with Crippen molar-refractivity contribution in [3.8, 4) is 11.5 Å². The van der Waals surface area contributed by atoms with E-state index in [2.05, 4.69) is 22.8 Å². The van der Waals surface area contributed by atoms with Crippen LogP contribution in [0, 0.1) is 5.92 Å². The highest BCUT2D eigenvalue weighted by molar-refractivity contribution is 7.10. The first kappa shape index (κ1) is 14.6. The Morgan fingerprint density at radius 1 is 1.17 bits per heavy atom. The molecular weight excluding hydrogens is 310 g/mol. The number of carbonyl (C=O) groups excluding carboxylic acids is 1. The molecule has 1 aliphatic carbocycles. The molecule has 4 nitrogen and oxygen atoms in total. The third kappa shape index (κ3) is 2.93. The monoisotopic (exact) mass is 329 g/mol. The van der Waals surface area contributed by atoms with E-state index in [1.54, 1.807) is 29.5 Å². The number of thiophene rings is 1. The number of nitrogens with one attached hydrogen (secondary N) is 1. The first-order valence-corrected chi connectivity index (χ1v) is 8.93. The zero-order valence-corrected chi connectivity index (χ0v) is 13.6. The number of hydrogen-bond acceptors (Lipinski definition) is 4. The van der Waals surface area contributed by atoms with Gasteiger partial charge < -0.3 is 14.8 Å². The molecule has 1 aliphatic heterocycles. The summed E-state index contributed by atoms with van der Waals surface area (Å²) < 4.78 is 10.7. The molecule has 0 unspecified atom stereocenters. The number of rotatable bonds is 4. The van der Waals surface area contributed by atoms with Gasteiger partial charge >= 0.3 is 0 Å². The second-order valence-corrected chi connectivity index (χ2v) is 7.06. The zero-order chi connectivity index (χ0) is 15.6. The molecule has 0 spiro atoms. The average Bonchev–Trinajstić information content (AvgIpc) is 3.34. The highest BCUT2D eigenvalue weighted by Gasteiger charge is 2.29. The Balaban J connectivity index is 1.55. The first-order chi connectivity index (χ1) is 11.3. The van der Waals surface area contributed by atoms with Crippen molar-refractivity contribution in [3.63, 3.8) is 0 Å². The van der Waals surface area contributed by atoms with Gasteiger partial charge in [-0.1, -0.05) is 18.9 Å². The maximum atomic E-state index is 12.7. The quantitative estimate of drug-likeness (QED) is 0.917. The number of amides is 1. The van der Waals surface area contributed by atoms with Gasteiger partial charge in [0.1, 0.15) is 0 Å². The van der Waals surface area contributed by atoms with Crippen LogP contribution in [0.4, 0.5) is 0 Å². The van der Waals surface area contributed by atoms with E-state index in [9.17, 15) is 4.79 Å². The number of hydrogen-bond donors (Lipinski definition) is 1. The summed E-state index contributed by atoms with van der Waals surface area (Å²) in [6, 6.07) is 9.63. The summed E-state index contributed by atoms with van der Waals surface area (Å²) in [7, 11) is 0. The van der Waals surface area contributed by atoms with Crippen LogP contribution in [0.15, 0.2) is 35.7 Å². The highest BCUT2D eigenvalue weighted by Crippen LogP contribution is 2.38. The van der Waals surface area contributed by atoms with E-state index >= 15 is 0 Å². The summed E-state index contributed by atoms with van der Waals surface area (Å²) in [5.74, 6) is 1.83. The van der Waals surface area contributed by atoms with Gasteiger partial charge in [-0.15, -0.1) is 11.3 Å². The molecular formula is C18H19NO3S. The van der Waals surface area contributed by atoms with Crippen LogP contribution < -0.4 is 14.8 Å². The minimum Gasteiger partial charge on any atom is -0.454 e. The average molecular weight is 329 g/mol. The number of benzene rings is 1. The second kappa shape index (κ2) is 6.24. The summed E-state index contributed by atoms with van der Waals surface area (Å²) in [6.07, 6.45) is 4.88. The molecule has 2 aliphatic rings. The Kier molecular flexibility index (Phi) is 3.95. The number of carbonyl (C=O) groups is 1. The van der Waals surface area contributed by atoms with E-state index in [0.717, 1.165) is 0 Å². The van der Waals surface area contributed by atoms with Crippen molar-refractivity contribution in [2.24, 2.45) is 5.92 Å². The minimum atomic E-state index is -0.0476. The van der Waals surface area contributed by atoms with Gasteiger partial charge in [-0.25, -0.2) is 0 Å². The molecule has 2 heterocycles. The van der Waals surface area contributed by atoms with Crippen molar-refractivity contribution in [2.75, 3.05) is 6.79 Å². The minimum absolute atomic E-state index is 0.0476. The van der Waals surface area contributed by atoms with E-state index in [1.807, 2.05) is 0 Å². The third-order valence-corrected chi connectivity index (χ3v) is 5.60. The molecule has 120 valence electrons. The van der Waals surface area contributed by atoms with Gasteiger partial charge in [0.2, 0.25) is 6.79 Å². The summed E-state index contributed by atoms with van der Waals surface area (Å²) in [4.78, 5) is 13.9. The Labute approximate surface area is 139 Å². The first-order valence-electron chi connectivity index (χ1n) is 8.05. The molecule has 1 atom stereocenters. The Morgan fingerprint density at radius 3 is 2.78 bits per heavy atom.